The summed E-state index contributed by atoms with van der Waals surface area (Å²) >= 11 is 0. The Morgan fingerprint density at radius 2 is 2.32 bits per heavy atom. The van der Waals surface area contributed by atoms with Crippen molar-refractivity contribution in [2.24, 2.45) is 5.41 Å². The Kier molecular flexibility index (Phi) is 4.36. The van der Waals surface area contributed by atoms with Gasteiger partial charge in [0.15, 0.2) is 0 Å². The number of hydrogen-bond donors (Lipinski definition) is 2. The van der Waals surface area contributed by atoms with Crippen LogP contribution in [0.25, 0.3) is 0 Å². The van der Waals surface area contributed by atoms with Crippen LogP contribution in [0, 0.1) is 5.41 Å². The molecule has 1 spiro atoms. The van der Waals surface area contributed by atoms with E-state index in [0.29, 0.717) is 5.41 Å². The first-order valence-corrected chi connectivity index (χ1v) is 7.95. The maximum atomic E-state index is 11.7. The summed E-state index contributed by atoms with van der Waals surface area (Å²) in [5.74, 6) is -0.514. The van der Waals surface area contributed by atoms with Crippen molar-refractivity contribution in [3.05, 3.63) is 29.3 Å². The third-order valence-corrected chi connectivity index (χ3v) is 4.95. The molecule has 5 heteroatoms. The first kappa shape index (κ1) is 15.3. The minimum atomic E-state index is -0.491. The largest absolute Gasteiger partial charge is 0.507 e. The minimum absolute atomic E-state index is 0.0225. The van der Waals surface area contributed by atoms with Gasteiger partial charge in [-0.1, -0.05) is 6.07 Å². The van der Waals surface area contributed by atoms with Gasteiger partial charge < -0.3 is 15.2 Å². The molecule has 0 saturated carbocycles. The zero-order valence-corrected chi connectivity index (χ0v) is 13.1. The molecule has 0 aliphatic carbocycles. The summed E-state index contributed by atoms with van der Waals surface area (Å²) in [6, 6.07) is 5.21. The summed E-state index contributed by atoms with van der Waals surface area (Å²) in [7, 11) is 1.33. The number of esters is 1. The van der Waals surface area contributed by atoms with Crippen molar-refractivity contribution in [3.63, 3.8) is 0 Å². The topological polar surface area (TPSA) is 61.8 Å². The van der Waals surface area contributed by atoms with Gasteiger partial charge in [0.2, 0.25) is 0 Å². The minimum Gasteiger partial charge on any atom is -0.507 e. The Morgan fingerprint density at radius 1 is 1.45 bits per heavy atom. The lowest BCUT2D eigenvalue weighted by Crippen LogP contribution is -2.44. The monoisotopic (exact) mass is 304 g/mol. The number of phenolic OH excluding ortho intramolecular Hbond substituents is 1. The fraction of sp³-hybridized carbons (Fsp3) is 0.588. The third kappa shape index (κ3) is 3.10. The Morgan fingerprint density at radius 3 is 3.05 bits per heavy atom. The number of carbonyl (C=O) groups excluding carboxylic acids is 1. The molecule has 120 valence electrons. The van der Waals surface area contributed by atoms with Gasteiger partial charge in [-0.3, -0.25) is 4.90 Å². The number of aromatic hydroxyl groups is 1. The number of nitrogens with zero attached hydrogens (tertiary/aromatic N) is 1. The van der Waals surface area contributed by atoms with Crippen LogP contribution in [0.2, 0.25) is 0 Å². The lowest BCUT2D eigenvalue weighted by Gasteiger charge is -2.40. The van der Waals surface area contributed by atoms with Crippen molar-refractivity contribution < 1.29 is 14.6 Å². The van der Waals surface area contributed by atoms with Gasteiger partial charge in [-0.05, 0) is 55.5 Å². The number of likely N-dealkylation sites (tertiary alicyclic amines) is 1. The molecule has 2 aliphatic heterocycles. The number of ether oxygens (including phenoxy) is 1. The molecule has 1 aromatic carbocycles. The number of piperidine rings is 1. The van der Waals surface area contributed by atoms with Crippen molar-refractivity contribution >= 4 is 5.97 Å². The van der Waals surface area contributed by atoms with Gasteiger partial charge in [-0.15, -0.1) is 0 Å². The molecule has 3 rings (SSSR count). The number of rotatable bonds is 3. The molecule has 1 atom stereocenters. The van der Waals surface area contributed by atoms with E-state index in [2.05, 4.69) is 10.2 Å². The molecular formula is C17H24N2O3. The van der Waals surface area contributed by atoms with Crippen LogP contribution in [-0.2, 0) is 11.3 Å². The first-order valence-electron chi connectivity index (χ1n) is 7.95. The molecule has 0 bridgehead atoms. The first-order chi connectivity index (χ1) is 10.6. The highest BCUT2D eigenvalue weighted by Crippen LogP contribution is 2.36. The Hall–Kier alpha value is -1.59. The lowest BCUT2D eigenvalue weighted by molar-refractivity contribution is 0.0596. The highest BCUT2D eigenvalue weighted by Gasteiger charge is 2.37. The van der Waals surface area contributed by atoms with Crippen LogP contribution < -0.4 is 5.32 Å². The van der Waals surface area contributed by atoms with Crippen molar-refractivity contribution in [1.29, 1.82) is 0 Å². The van der Waals surface area contributed by atoms with Gasteiger partial charge in [0.1, 0.15) is 11.3 Å². The fourth-order valence-corrected chi connectivity index (χ4v) is 3.80. The SMILES string of the molecule is COC(=O)c1cc(CN2CCC[C@@]3(CCNC3)C2)ccc1O. The standard InChI is InChI=1S/C17H24N2O3/c1-22-16(21)14-9-13(3-4-15(14)20)10-19-8-2-5-17(12-19)6-7-18-11-17/h3-4,9,18,20H,2,5-8,10-12H2,1H3/t17-/m0/s1. The Labute approximate surface area is 131 Å². The molecule has 0 aromatic heterocycles. The Bertz CT molecular complexity index is 553. The molecule has 22 heavy (non-hydrogen) atoms. The van der Waals surface area contributed by atoms with Gasteiger partial charge >= 0.3 is 5.97 Å². The lowest BCUT2D eigenvalue weighted by atomic mass is 9.79. The molecule has 2 heterocycles. The summed E-state index contributed by atoms with van der Waals surface area (Å²) in [5.41, 5.74) is 1.72. The summed E-state index contributed by atoms with van der Waals surface area (Å²) in [6.45, 7) is 5.25. The third-order valence-electron chi connectivity index (χ3n) is 4.95. The number of methoxy groups -OCH3 is 1. The molecule has 0 amide bonds. The van der Waals surface area contributed by atoms with Gasteiger partial charge in [-0.25, -0.2) is 4.79 Å². The second-order valence-corrected chi connectivity index (χ2v) is 6.58. The van der Waals surface area contributed by atoms with E-state index in [1.807, 2.05) is 6.07 Å². The molecule has 2 saturated heterocycles. The van der Waals surface area contributed by atoms with Gasteiger partial charge in [-0.2, -0.15) is 0 Å². The molecule has 1 aromatic rings. The highest BCUT2D eigenvalue weighted by molar-refractivity contribution is 5.92. The Balaban J connectivity index is 1.71. The van der Waals surface area contributed by atoms with E-state index in [4.69, 9.17) is 4.74 Å². The van der Waals surface area contributed by atoms with Crippen LogP contribution in [0.3, 0.4) is 0 Å². The smallest absolute Gasteiger partial charge is 0.341 e. The van der Waals surface area contributed by atoms with Crippen molar-refractivity contribution in [1.82, 2.24) is 10.2 Å². The number of carbonyl (C=O) groups is 1. The maximum absolute atomic E-state index is 11.7. The predicted octanol–water partition coefficient (Wildman–Crippen LogP) is 1.75. The molecule has 2 aliphatic rings. The van der Waals surface area contributed by atoms with Crippen molar-refractivity contribution in [2.75, 3.05) is 33.3 Å². The summed E-state index contributed by atoms with van der Waals surface area (Å²) in [5, 5.41) is 13.3. The molecule has 2 N–H and O–H groups in total. The average Bonchev–Trinajstić information content (AvgIpc) is 2.96. The van der Waals surface area contributed by atoms with Gasteiger partial charge in [0.25, 0.3) is 0 Å². The summed E-state index contributed by atoms with van der Waals surface area (Å²) in [4.78, 5) is 14.1. The zero-order chi connectivity index (χ0) is 15.6. The van der Waals surface area contributed by atoms with Crippen molar-refractivity contribution in [3.8, 4) is 5.75 Å². The number of hydrogen-bond acceptors (Lipinski definition) is 5. The van der Waals surface area contributed by atoms with E-state index in [1.165, 1.54) is 26.4 Å². The van der Waals surface area contributed by atoms with E-state index in [1.54, 1.807) is 12.1 Å². The van der Waals surface area contributed by atoms with Gasteiger partial charge in [0.05, 0.1) is 7.11 Å². The zero-order valence-electron chi connectivity index (χ0n) is 13.1. The van der Waals surface area contributed by atoms with Crippen molar-refractivity contribution in [2.45, 2.75) is 25.8 Å². The number of phenols is 1. The average molecular weight is 304 g/mol. The maximum Gasteiger partial charge on any atom is 0.341 e. The van der Waals surface area contributed by atoms with Gasteiger partial charge in [0, 0.05) is 19.6 Å². The van der Waals surface area contributed by atoms with E-state index in [9.17, 15) is 9.90 Å². The fourth-order valence-electron chi connectivity index (χ4n) is 3.80. The summed E-state index contributed by atoms with van der Waals surface area (Å²) in [6.07, 6.45) is 3.79. The van der Waals surface area contributed by atoms with Crippen LogP contribution in [0.4, 0.5) is 0 Å². The van der Waals surface area contributed by atoms with E-state index in [-0.39, 0.29) is 11.3 Å². The quantitative estimate of drug-likeness (QED) is 0.833. The normalized spacial score (nSPS) is 25.5. The molecule has 5 nitrogen and oxygen atoms in total. The van der Waals surface area contributed by atoms with E-state index >= 15 is 0 Å². The highest BCUT2D eigenvalue weighted by atomic mass is 16.5. The van der Waals surface area contributed by atoms with Crippen LogP contribution in [0.1, 0.15) is 35.2 Å². The number of nitrogens with one attached hydrogen (secondary N) is 1. The molecule has 2 fully saturated rings. The van der Waals surface area contributed by atoms with E-state index in [0.717, 1.165) is 38.3 Å². The second kappa shape index (κ2) is 6.26. The van der Waals surface area contributed by atoms with E-state index < -0.39 is 5.97 Å². The molecule has 0 radical (unpaired) electrons. The molecule has 0 unspecified atom stereocenters. The van der Waals surface area contributed by atoms with Crippen LogP contribution in [0.15, 0.2) is 18.2 Å². The second-order valence-electron chi connectivity index (χ2n) is 6.58. The van der Waals surface area contributed by atoms with Crippen LogP contribution >= 0.6 is 0 Å². The van der Waals surface area contributed by atoms with Crippen LogP contribution in [-0.4, -0.2) is 49.3 Å². The predicted molar refractivity (Wildman–Crippen MR) is 83.9 cm³/mol. The molecular weight excluding hydrogens is 280 g/mol. The van der Waals surface area contributed by atoms with Crippen LogP contribution in [0.5, 0.6) is 5.75 Å². The number of benzene rings is 1. The summed E-state index contributed by atoms with van der Waals surface area (Å²) < 4.78 is 4.72.